The summed E-state index contributed by atoms with van der Waals surface area (Å²) in [7, 11) is 3.52. The van der Waals surface area contributed by atoms with Crippen molar-refractivity contribution in [3.63, 3.8) is 0 Å². The Morgan fingerprint density at radius 1 is 1.29 bits per heavy atom. The van der Waals surface area contributed by atoms with Crippen molar-refractivity contribution >= 4 is 0 Å². The quantitative estimate of drug-likeness (QED) is 0.938. The first kappa shape index (κ1) is 15.6. The van der Waals surface area contributed by atoms with Gasteiger partial charge in [0, 0.05) is 7.05 Å². The van der Waals surface area contributed by atoms with Crippen LogP contribution in [0.4, 0.5) is 13.2 Å². The standard InChI is InChI=1S/C15H18F3N3/c1-4-12-9-13(21(3)20-12)14(19-2)10-6-5-7-11(8-10)15(16,17)18/h5-9,14,19H,4H2,1-3H3. The Hall–Kier alpha value is -1.82. The summed E-state index contributed by atoms with van der Waals surface area (Å²) >= 11 is 0. The monoisotopic (exact) mass is 297 g/mol. The Balaban J connectivity index is 2.44. The topological polar surface area (TPSA) is 29.9 Å². The molecule has 1 N–H and O–H groups in total. The number of nitrogens with one attached hydrogen (secondary N) is 1. The average Bonchev–Trinajstić information content (AvgIpc) is 2.81. The van der Waals surface area contributed by atoms with E-state index in [1.807, 2.05) is 13.0 Å². The maximum Gasteiger partial charge on any atom is 0.416 e. The number of aryl methyl sites for hydroxylation is 2. The summed E-state index contributed by atoms with van der Waals surface area (Å²) in [6, 6.07) is 6.97. The van der Waals surface area contributed by atoms with E-state index in [4.69, 9.17) is 0 Å². The van der Waals surface area contributed by atoms with Crippen LogP contribution in [0.2, 0.25) is 0 Å². The fourth-order valence-corrected chi connectivity index (χ4v) is 2.37. The summed E-state index contributed by atoms with van der Waals surface area (Å²) in [4.78, 5) is 0. The first-order valence-electron chi connectivity index (χ1n) is 6.74. The second-order valence-electron chi connectivity index (χ2n) is 4.88. The summed E-state index contributed by atoms with van der Waals surface area (Å²) < 4.78 is 40.2. The molecule has 0 aliphatic rings. The van der Waals surface area contributed by atoms with Gasteiger partial charge in [-0.2, -0.15) is 18.3 Å². The van der Waals surface area contributed by atoms with Gasteiger partial charge in [-0.3, -0.25) is 4.68 Å². The Bertz CT molecular complexity index is 617. The van der Waals surface area contributed by atoms with Crippen LogP contribution in [0, 0.1) is 0 Å². The number of halogens is 3. The van der Waals surface area contributed by atoms with Crippen LogP contribution in [0.1, 0.15) is 35.5 Å². The highest BCUT2D eigenvalue weighted by Gasteiger charge is 2.31. The molecule has 0 aliphatic carbocycles. The maximum atomic E-state index is 12.8. The molecule has 0 spiro atoms. The van der Waals surface area contributed by atoms with Crippen LogP contribution in [0.3, 0.4) is 0 Å². The van der Waals surface area contributed by atoms with E-state index in [2.05, 4.69) is 10.4 Å². The number of benzene rings is 1. The SMILES string of the molecule is CCc1cc(C(NC)c2cccc(C(F)(F)F)c2)n(C)n1. The molecule has 1 atom stereocenters. The maximum absolute atomic E-state index is 12.8. The lowest BCUT2D eigenvalue weighted by molar-refractivity contribution is -0.137. The Morgan fingerprint density at radius 3 is 2.52 bits per heavy atom. The molecule has 0 radical (unpaired) electrons. The van der Waals surface area contributed by atoms with Gasteiger partial charge in [-0.1, -0.05) is 19.1 Å². The fraction of sp³-hybridized carbons (Fsp3) is 0.400. The van der Waals surface area contributed by atoms with Gasteiger partial charge in [0.2, 0.25) is 0 Å². The Morgan fingerprint density at radius 2 is 2.00 bits per heavy atom. The van der Waals surface area contributed by atoms with Crippen LogP contribution in [0.15, 0.2) is 30.3 Å². The van der Waals surface area contributed by atoms with E-state index in [1.165, 1.54) is 12.1 Å². The minimum absolute atomic E-state index is 0.329. The third-order valence-corrected chi connectivity index (χ3v) is 3.46. The second kappa shape index (κ2) is 5.89. The minimum Gasteiger partial charge on any atom is -0.308 e. The van der Waals surface area contributed by atoms with Crippen LogP contribution in [0.25, 0.3) is 0 Å². The normalized spacial score (nSPS) is 13.4. The van der Waals surface area contributed by atoms with Crippen molar-refractivity contribution in [3.05, 3.63) is 52.8 Å². The van der Waals surface area contributed by atoms with E-state index in [0.717, 1.165) is 23.9 Å². The first-order chi connectivity index (χ1) is 9.86. The minimum atomic E-state index is -4.34. The Kier molecular flexibility index (Phi) is 4.37. The highest BCUT2D eigenvalue weighted by atomic mass is 19.4. The summed E-state index contributed by atoms with van der Waals surface area (Å²) in [5, 5.41) is 7.41. The van der Waals surface area contributed by atoms with Gasteiger partial charge in [0.05, 0.1) is 23.0 Å². The lowest BCUT2D eigenvalue weighted by Crippen LogP contribution is -2.21. The van der Waals surface area contributed by atoms with Crippen molar-refractivity contribution in [3.8, 4) is 0 Å². The van der Waals surface area contributed by atoms with Gasteiger partial charge in [-0.25, -0.2) is 0 Å². The van der Waals surface area contributed by atoms with Crippen molar-refractivity contribution in [1.29, 1.82) is 0 Å². The molecule has 21 heavy (non-hydrogen) atoms. The predicted octanol–water partition coefficient (Wildman–Crippen LogP) is 3.31. The van der Waals surface area contributed by atoms with E-state index in [1.54, 1.807) is 24.8 Å². The van der Waals surface area contributed by atoms with Crippen molar-refractivity contribution in [2.75, 3.05) is 7.05 Å². The molecule has 0 saturated carbocycles. The van der Waals surface area contributed by atoms with E-state index < -0.39 is 11.7 Å². The van der Waals surface area contributed by atoms with Gasteiger partial charge in [0.1, 0.15) is 0 Å². The molecule has 0 bridgehead atoms. The molecule has 3 nitrogen and oxygen atoms in total. The van der Waals surface area contributed by atoms with E-state index in [-0.39, 0.29) is 6.04 Å². The molecule has 114 valence electrons. The number of hydrogen-bond acceptors (Lipinski definition) is 2. The second-order valence-corrected chi connectivity index (χ2v) is 4.88. The number of hydrogen-bond donors (Lipinski definition) is 1. The fourth-order valence-electron chi connectivity index (χ4n) is 2.37. The smallest absolute Gasteiger partial charge is 0.308 e. The Labute approximate surface area is 121 Å². The van der Waals surface area contributed by atoms with Crippen LogP contribution < -0.4 is 5.32 Å². The number of aromatic nitrogens is 2. The summed E-state index contributed by atoms with van der Waals surface area (Å²) in [5.41, 5.74) is 1.68. The highest BCUT2D eigenvalue weighted by Crippen LogP contribution is 2.32. The molecule has 1 aromatic carbocycles. The van der Waals surface area contributed by atoms with Crippen molar-refractivity contribution in [1.82, 2.24) is 15.1 Å². The number of alkyl halides is 3. The van der Waals surface area contributed by atoms with Gasteiger partial charge >= 0.3 is 6.18 Å². The highest BCUT2D eigenvalue weighted by molar-refractivity contribution is 5.33. The first-order valence-corrected chi connectivity index (χ1v) is 6.74. The van der Waals surface area contributed by atoms with Gasteiger partial charge in [0.25, 0.3) is 0 Å². The summed E-state index contributed by atoms with van der Waals surface area (Å²) in [6.07, 6.45) is -3.55. The molecule has 0 amide bonds. The van der Waals surface area contributed by atoms with Gasteiger partial charge in [0.15, 0.2) is 0 Å². The largest absolute Gasteiger partial charge is 0.416 e. The molecule has 1 heterocycles. The van der Waals surface area contributed by atoms with Crippen LogP contribution in [-0.2, 0) is 19.6 Å². The molecule has 0 fully saturated rings. The number of rotatable bonds is 4. The molecular weight excluding hydrogens is 279 g/mol. The third kappa shape index (κ3) is 3.26. The molecule has 2 rings (SSSR count). The van der Waals surface area contributed by atoms with E-state index >= 15 is 0 Å². The van der Waals surface area contributed by atoms with Crippen LogP contribution in [-0.4, -0.2) is 16.8 Å². The molecular formula is C15H18F3N3. The predicted molar refractivity (Wildman–Crippen MR) is 74.9 cm³/mol. The zero-order valence-electron chi connectivity index (χ0n) is 12.2. The zero-order chi connectivity index (χ0) is 15.6. The molecule has 1 unspecified atom stereocenters. The summed E-state index contributed by atoms with van der Waals surface area (Å²) in [5.74, 6) is 0. The molecule has 0 saturated heterocycles. The van der Waals surface area contributed by atoms with Crippen molar-refractivity contribution in [2.24, 2.45) is 7.05 Å². The molecule has 6 heteroatoms. The molecule has 1 aromatic heterocycles. The van der Waals surface area contributed by atoms with Crippen LogP contribution in [0.5, 0.6) is 0 Å². The average molecular weight is 297 g/mol. The van der Waals surface area contributed by atoms with Crippen molar-refractivity contribution < 1.29 is 13.2 Å². The zero-order valence-corrected chi connectivity index (χ0v) is 12.2. The van der Waals surface area contributed by atoms with E-state index in [0.29, 0.717) is 5.56 Å². The lowest BCUT2D eigenvalue weighted by atomic mass is 10.0. The van der Waals surface area contributed by atoms with Gasteiger partial charge < -0.3 is 5.32 Å². The van der Waals surface area contributed by atoms with Crippen molar-refractivity contribution in [2.45, 2.75) is 25.6 Å². The van der Waals surface area contributed by atoms with Gasteiger partial charge in [-0.15, -0.1) is 0 Å². The lowest BCUT2D eigenvalue weighted by Gasteiger charge is -2.18. The molecule has 2 aromatic rings. The van der Waals surface area contributed by atoms with Gasteiger partial charge in [-0.05, 0) is 37.2 Å². The molecule has 0 aliphatic heterocycles. The van der Waals surface area contributed by atoms with Crippen LogP contribution >= 0.6 is 0 Å². The van der Waals surface area contributed by atoms with E-state index in [9.17, 15) is 13.2 Å². The third-order valence-electron chi connectivity index (χ3n) is 3.46. The number of nitrogens with zero attached hydrogens (tertiary/aromatic N) is 2. The summed E-state index contributed by atoms with van der Waals surface area (Å²) in [6.45, 7) is 1.99.